The summed E-state index contributed by atoms with van der Waals surface area (Å²) in [5, 5.41) is 5.87. The quantitative estimate of drug-likeness (QED) is 0.526. The average molecular weight is 293 g/mol. The maximum atomic E-state index is 11.7. The molecule has 0 aliphatic heterocycles. The van der Waals surface area contributed by atoms with Gasteiger partial charge in [0, 0.05) is 19.0 Å². The van der Waals surface area contributed by atoms with E-state index in [-0.39, 0.29) is 11.9 Å². The van der Waals surface area contributed by atoms with Crippen LogP contribution in [0.2, 0.25) is 0 Å². The number of anilines is 2. The van der Waals surface area contributed by atoms with Crippen molar-refractivity contribution in [1.29, 1.82) is 0 Å². The van der Waals surface area contributed by atoms with Crippen molar-refractivity contribution in [3.8, 4) is 0 Å². The maximum Gasteiger partial charge on any atom is 0.338 e. The van der Waals surface area contributed by atoms with Crippen LogP contribution in [0.25, 0.3) is 0 Å². The molecule has 1 aromatic carbocycles. The van der Waals surface area contributed by atoms with Gasteiger partial charge in [-0.2, -0.15) is 0 Å². The predicted molar refractivity (Wildman–Crippen MR) is 83.2 cm³/mol. The second-order valence-electron chi connectivity index (χ2n) is 4.92. The van der Waals surface area contributed by atoms with Crippen LogP contribution >= 0.6 is 0 Å². The van der Waals surface area contributed by atoms with Crippen LogP contribution < -0.4 is 16.4 Å². The van der Waals surface area contributed by atoms with Crippen molar-refractivity contribution >= 4 is 23.3 Å². The molecule has 116 valence electrons. The first-order chi connectivity index (χ1) is 9.93. The SMILES string of the molecule is CCOC(=O)c1ccc(N)c(NCCC(=O)NC(C)C)c1. The molecule has 0 bridgehead atoms. The van der Waals surface area contributed by atoms with E-state index in [0.29, 0.717) is 36.5 Å². The van der Waals surface area contributed by atoms with Crippen molar-refractivity contribution in [1.82, 2.24) is 5.32 Å². The Morgan fingerprint density at radius 3 is 2.67 bits per heavy atom. The third-order valence-electron chi connectivity index (χ3n) is 2.68. The van der Waals surface area contributed by atoms with Gasteiger partial charge in [-0.3, -0.25) is 4.79 Å². The number of hydrogen-bond donors (Lipinski definition) is 3. The lowest BCUT2D eigenvalue weighted by molar-refractivity contribution is -0.121. The summed E-state index contributed by atoms with van der Waals surface area (Å²) in [6, 6.07) is 5.01. The van der Waals surface area contributed by atoms with E-state index < -0.39 is 5.97 Å². The summed E-state index contributed by atoms with van der Waals surface area (Å²) in [6.45, 7) is 6.33. The Morgan fingerprint density at radius 1 is 1.33 bits per heavy atom. The molecule has 0 fully saturated rings. The molecule has 0 spiro atoms. The average Bonchev–Trinajstić information content (AvgIpc) is 2.40. The summed E-state index contributed by atoms with van der Waals surface area (Å²) in [7, 11) is 0. The van der Waals surface area contributed by atoms with Crippen molar-refractivity contribution in [2.75, 3.05) is 24.2 Å². The Hall–Kier alpha value is -2.24. The van der Waals surface area contributed by atoms with Crippen LogP contribution in [0.3, 0.4) is 0 Å². The largest absolute Gasteiger partial charge is 0.462 e. The van der Waals surface area contributed by atoms with Gasteiger partial charge in [0.15, 0.2) is 0 Å². The number of rotatable bonds is 7. The van der Waals surface area contributed by atoms with E-state index in [1.165, 1.54) is 0 Å². The number of esters is 1. The minimum atomic E-state index is -0.391. The Morgan fingerprint density at radius 2 is 2.05 bits per heavy atom. The minimum Gasteiger partial charge on any atom is -0.462 e. The van der Waals surface area contributed by atoms with E-state index in [1.807, 2.05) is 13.8 Å². The molecule has 0 atom stereocenters. The van der Waals surface area contributed by atoms with Crippen molar-refractivity contribution in [3.63, 3.8) is 0 Å². The molecule has 21 heavy (non-hydrogen) atoms. The molecular formula is C15H23N3O3. The highest BCUT2D eigenvalue weighted by atomic mass is 16.5. The van der Waals surface area contributed by atoms with Gasteiger partial charge in [0.2, 0.25) is 5.91 Å². The van der Waals surface area contributed by atoms with Crippen molar-refractivity contribution in [2.24, 2.45) is 0 Å². The molecule has 0 saturated carbocycles. The number of nitrogen functional groups attached to an aromatic ring is 1. The molecule has 0 aliphatic rings. The lowest BCUT2D eigenvalue weighted by Crippen LogP contribution is -2.31. The molecule has 0 saturated heterocycles. The monoisotopic (exact) mass is 293 g/mol. The molecule has 0 unspecified atom stereocenters. The van der Waals surface area contributed by atoms with Crippen LogP contribution in [0.15, 0.2) is 18.2 Å². The second-order valence-corrected chi connectivity index (χ2v) is 4.92. The van der Waals surface area contributed by atoms with Gasteiger partial charge >= 0.3 is 5.97 Å². The molecule has 0 heterocycles. The van der Waals surface area contributed by atoms with Crippen LogP contribution in [-0.4, -0.2) is 31.1 Å². The third kappa shape index (κ3) is 5.72. The first kappa shape index (κ1) is 16.8. The van der Waals surface area contributed by atoms with E-state index in [2.05, 4.69) is 10.6 Å². The highest BCUT2D eigenvalue weighted by Gasteiger charge is 2.09. The van der Waals surface area contributed by atoms with Crippen LogP contribution in [0.1, 0.15) is 37.6 Å². The fourth-order valence-corrected chi connectivity index (χ4v) is 1.76. The van der Waals surface area contributed by atoms with Crippen LogP contribution in [0, 0.1) is 0 Å². The summed E-state index contributed by atoms with van der Waals surface area (Å²) in [6.07, 6.45) is 0.335. The van der Waals surface area contributed by atoms with E-state index in [9.17, 15) is 9.59 Å². The highest BCUT2D eigenvalue weighted by molar-refractivity contribution is 5.92. The second kappa shape index (κ2) is 8.14. The maximum absolute atomic E-state index is 11.7. The number of benzene rings is 1. The highest BCUT2D eigenvalue weighted by Crippen LogP contribution is 2.20. The van der Waals surface area contributed by atoms with Crippen LogP contribution in [0.4, 0.5) is 11.4 Å². The van der Waals surface area contributed by atoms with Gasteiger partial charge in [0.25, 0.3) is 0 Å². The normalized spacial score (nSPS) is 10.3. The third-order valence-corrected chi connectivity index (χ3v) is 2.68. The number of hydrogen-bond acceptors (Lipinski definition) is 5. The Kier molecular flexibility index (Phi) is 6.52. The van der Waals surface area contributed by atoms with Crippen LogP contribution in [0.5, 0.6) is 0 Å². The molecule has 0 radical (unpaired) electrons. The van der Waals surface area contributed by atoms with E-state index >= 15 is 0 Å². The lowest BCUT2D eigenvalue weighted by atomic mass is 10.1. The molecule has 6 heteroatoms. The molecule has 0 aliphatic carbocycles. The van der Waals surface area contributed by atoms with Gasteiger partial charge < -0.3 is 21.1 Å². The van der Waals surface area contributed by atoms with Gasteiger partial charge in [0.1, 0.15) is 0 Å². The van der Waals surface area contributed by atoms with Gasteiger partial charge in [-0.25, -0.2) is 4.79 Å². The zero-order chi connectivity index (χ0) is 15.8. The van der Waals surface area contributed by atoms with E-state index in [1.54, 1.807) is 25.1 Å². The molecule has 1 rings (SSSR count). The van der Waals surface area contributed by atoms with Crippen molar-refractivity contribution in [2.45, 2.75) is 33.2 Å². The predicted octanol–water partition coefficient (Wildman–Crippen LogP) is 1.77. The van der Waals surface area contributed by atoms with E-state index in [0.717, 1.165) is 0 Å². The molecule has 1 aromatic rings. The number of ether oxygens (including phenoxy) is 1. The Balaban J connectivity index is 2.60. The standard InChI is InChI=1S/C15H23N3O3/c1-4-21-15(20)11-5-6-12(16)13(9-11)17-8-7-14(19)18-10(2)3/h5-6,9-10,17H,4,7-8,16H2,1-3H3,(H,18,19). The van der Waals surface area contributed by atoms with Gasteiger partial charge in [0.05, 0.1) is 23.5 Å². The molecule has 4 N–H and O–H groups in total. The molecular weight excluding hydrogens is 270 g/mol. The number of carbonyl (C=O) groups is 2. The lowest BCUT2D eigenvalue weighted by Gasteiger charge is -2.12. The summed E-state index contributed by atoms with van der Waals surface area (Å²) >= 11 is 0. The smallest absolute Gasteiger partial charge is 0.338 e. The van der Waals surface area contributed by atoms with Crippen LogP contribution in [-0.2, 0) is 9.53 Å². The summed E-state index contributed by atoms with van der Waals surface area (Å²) in [5.74, 6) is -0.421. The number of amides is 1. The zero-order valence-corrected chi connectivity index (χ0v) is 12.7. The van der Waals surface area contributed by atoms with Gasteiger partial charge in [-0.1, -0.05) is 0 Å². The van der Waals surface area contributed by atoms with Crippen molar-refractivity contribution in [3.05, 3.63) is 23.8 Å². The molecule has 1 amide bonds. The zero-order valence-electron chi connectivity index (χ0n) is 12.7. The first-order valence-electron chi connectivity index (χ1n) is 7.04. The van der Waals surface area contributed by atoms with Gasteiger partial charge in [-0.15, -0.1) is 0 Å². The number of nitrogens with one attached hydrogen (secondary N) is 2. The molecule has 6 nitrogen and oxygen atoms in total. The Bertz CT molecular complexity index is 501. The minimum absolute atomic E-state index is 0.0300. The van der Waals surface area contributed by atoms with Gasteiger partial charge in [-0.05, 0) is 39.0 Å². The Labute approximate surface area is 125 Å². The number of nitrogens with two attached hydrogens (primary N) is 1. The topological polar surface area (TPSA) is 93.4 Å². The number of carbonyl (C=O) groups excluding carboxylic acids is 2. The first-order valence-corrected chi connectivity index (χ1v) is 7.04. The molecule has 0 aromatic heterocycles. The summed E-state index contributed by atoms with van der Waals surface area (Å²) < 4.78 is 4.94. The summed E-state index contributed by atoms with van der Waals surface area (Å²) in [4.78, 5) is 23.2. The summed E-state index contributed by atoms with van der Waals surface area (Å²) in [5.41, 5.74) is 7.42. The van der Waals surface area contributed by atoms with E-state index in [4.69, 9.17) is 10.5 Å². The fraction of sp³-hybridized carbons (Fsp3) is 0.467. The van der Waals surface area contributed by atoms with Crippen molar-refractivity contribution < 1.29 is 14.3 Å². The fourth-order valence-electron chi connectivity index (χ4n) is 1.76.